The third-order valence-corrected chi connectivity index (χ3v) is 9.07. The van der Waals surface area contributed by atoms with Crippen molar-refractivity contribution in [2.45, 2.75) is 62.7 Å². The minimum atomic E-state index is -4.97. The fourth-order valence-corrected chi connectivity index (χ4v) is 6.96. The highest BCUT2D eigenvalue weighted by Crippen LogP contribution is 2.46. The van der Waals surface area contributed by atoms with Gasteiger partial charge >= 0.3 is 12.2 Å². The lowest BCUT2D eigenvalue weighted by atomic mass is 9.92. The Labute approximate surface area is 273 Å². The molecule has 10 nitrogen and oxygen atoms in total. The number of nitrogens with zero attached hydrogens (tertiary/aromatic N) is 5. The van der Waals surface area contributed by atoms with Gasteiger partial charge in [0.2, 0.25) is 5.88 Å². The molecule has 1 aromatic carbocycles. The third-order valence-electron chi connectivity index (χ3n) is 8.77. The molecule has 2 saturated heterocycles. The normalized spacial score (nSPS) is 23.5. The van der Waals surface area contributed by atoms with E-state index in [-0.39, 0.29) is 47.3 Å². The molecule has 4 atom stereocenters. The monoisotopic (exact) mass is 685 g/mol. The van der Waals surface area contributed by atoms with Crippen molar-refractivity contribution < 1.29 is 36.2 Å². The lowest BCUT2D eigenvalue weighted by Crippen LogP contribution is -2.47. The summed E-state index contributed by atoms with van der Waals surface area (Å²) in [6.07, 6.45) is -4.90. The van der Waals surface area contributed by atoms with Gasteiger partial charge in [-0.05, 0) is 59.0 Å². The van der Waals surface area contributed by atoms with E-state index in [2.05, 4.69) is 15.3 Å². The van der Waals surface area contributed by atoms with Crippen LogP contribution in [0.5, 0.6) is 11.9 Å². The number of halogens is 6. The number of nitrogen functional groups attached to an aromatic ring is 1. The van der Waals surface area contributed by atoms with Crippen LogP contribution >= 0.6 is 11.6 Å². The van der Waals surface area contributed by atoms with Gasteiger partial charge in [0, 0.05) is 37.3 Å². The number of pyridine rings is 1. The largest absolute Gasteiger partial charge is 0.471 e. The van der Waals surface area contributed by atoms with Gasteiger partial charge in [-0.15, -0.1) is 0 Å². The summed E-state index contributed by atoms with van der Waals surface area (Å²) >= 11 is 6.04. The van der Waals surface area contributed by atoms with Crippen molar-refractivity contribution in [1.82, 2.24) is 25.2 Å². The van der Waals surface area contributed by atoms with Crippen LogP contribution in [0.25, 0.3) is 22.2 Å². The molecule has 2 fully saturated rings. The van der Waals surface area contributed by atoms with Crippen molar-refractivity contribution in [3.8, 4) is 23.1 Å². The van der Waals surface area contributed by atoms with Crippen LogP contribution in [-0.4, -0.2) is 97.3 Å². The lowest BCUT2D eigenvalue weighted by Gasteiger charge is -2.34. The molecule has 0 radical (unpaired) electrons. The molecule has 3 aromatic rings. The first-order chi connectivity index (χ1) is 22.2. The Hall–Kier alpha value is -3.27. The molecule has 3 aliphatic heterocycles. The second kappa shape index (κ2) is 13.0. The van der Waals surface area contributed by atoms with Gasteiger partial charge in [-0.25, -0.2) is 13.8 Å². The maximum Gasteiger partial charge on any atom is 0.418 e. The van der Waals surface area contributed by atoms with E-state index < -0.39 is 57.8 Å². The maximum absolute atomic E-state index is 16.8. The van der Waals surface area contributed by atoms with Crippen molar-refractivity contribution >= 4 is 34.0 Å². The molecule has 3 N–H and O–H groups in total. The Kier molecular flexibility index (Phi) is 9.28. The number of hydrogen-bond donors (Lipinski definition) is 2. The zero-order valence-electron chi connectivity index (χ0n) is 26.3. The summed E-state index contributed by atoms with van der Waals surface area (Å²) < 4.78 is 92.4. The zero-order valence-corrected chi connectivity index (χ0v) is 27.0. The number of hydrogen-bond acceptors (Lipinski definition) is 10. The average molecular weight is 686 g/mol. The summed E-state index contributed by atoms with van der Waals surface area (Å²) in [5, 5.41) is 2.70. The number of alkyl halides is 4. The Balaban J connectivity index is 1.57. The molecule has 6 rings (SSSR count). The van der Waals surface area contributed by atoms with E-state index in [0.29, 0.717) is 45.6 Å². The van der Waals surface area contributed by atoms with Crippen molar-refractivity contribution in [3.63, 3.8) is 0 Å². The summed E-state index contributed by atoms with van der Waals surface area (Å²) in [6, 6.07) is 1.69. The minimum Gasteiger partial charge on any atom is -0.471 e. The van der Waals surface area contributed by atoms with Gasteiger partial charge in [-0.2, -0.15) is 23.1 Å². The van der Waals surface area contributed by atoms with Crippen LogP contribution in [0.4, 0.5) is 33.5 Å². The predicted molar refractivity (Wildman–Crippen MR) is 167 cm³/mol. The first kappa shape index (κ1) is 33.6. The van der Waals surface area contributed by atoms with E-state index in [0.717, 1.165) is 18.6 Å². The van der Waals surface area contributed by atoms with Crippen LogP contribution in [0.2, 0.25) is 5.02 Å². The molecular formula is C31H37ClF5N7O3. The Morgan fingerprint density at radius 3 is 2.70 bits per heavy atom. The highest BCUT2D eigenvalue weighted by atomic mass is 35.5. The quantitative estimate of drug-likeness (QED) is 0.229. The number of aromatic nitrogens is 3. The van der Waals surface area contributed by atoms with Crippen LogP contribution < -0.4 is 25.4 Å². The van der Waals surface area contributed by atoms with Gasteiger partial charge in [0.15, 0.2) is 5.82 Å². The molecule has 0 saturated carbocycles. The molecule has 0 amide bonds. The molecule has 5 heterocycles. The van der Waals surface area contributed by atoms with E-state index in [9.17, 15) is 17.6 Å². The molecular weight excluding hydrogens is 649 g/mol. The predicted octanol–water partition coefficient (Wildman–Crippen LogP) is 5.25. The number of ether oxygens (including phenoxy) is 3. The van der Waals surface area contributed by atoms with Crippen molar-refractivity contribution in [2.24, 2.45) is 0 Å². The summed E-state index contributed by atoms with van der Waals surface area (Å²) in [6.45, 7) is 3.87. The Bertz CT molecular complexity index is 1640. The second-order valence-corrected chi connectivity index (χ2v) is 13.2. The van der Waals surface area contributed by atoms with Crippen LogP contribution in [0.3, 0.4) is 0 Å². The van der Waals surface area contributed by atoms with Crippen molar-refractivity contribution in [2.75, 3.05) is 64.1 Å². The van der Waals surface area contributed by atoms with Crippen LogP contribution in [0, 0.1) is 5.82 Å². The van der Waals surface area contributed by atoms with Crippen molar-refractivity contribution in [3.05, 3.63) is 28.5 Å². The molecule has 0 aliphatic carbocycles. The molecule has 3 aliphatic rings. The van der Waals surface area contributed by atoms with E-state index >= 15 is 4.39 Å². The molecule has 0 spiro atoms. The van der Waals surface area contributed by atoms with Gasteiger partial charge in [0.25, 0.3) is 0 Å². The van der Waals surface area contributed by atoms with Gasteiger partial charge in [0.05, 0.1) is 28.9 Å². The fourth-order valence-electron chi connectivity index (χ4n) is 6.63. The fraction of sp³-hybridized carbons (Fsp3) is 0.581. The Morgan fingerprint density at radius 1 is 1.23 bits per heavy atom. The summed E-state index contributed by atoms with van der Waals surface area (Å²) in [7, 11) is 3.81. The number of rotatable bonds is 9. The number of fused-ring (bicyclic) bond motifs is 1. The molecule has 2 unspecified atom stereocenters. The number of anilines is 2. The van der Waals surface area contributed by atoms with E-state index in [1.807, 2.05) is 23.9 Å². The first-order valence-electron chi connectivity index (χ1n) is 15.5. The standard InChI is InChI=1S/C31H37ClF5N7O3/c1-16(33)13-30(6-4-7-39-30)15-46-29-41-26-22-27(42-29)44(9-8-43(2)3)14-21-20(5-10-45-21)47-28(22)40-25(24(26)34)18-11-17(38)12-19(32)23(18)31(35,36)37/h11-12,16,20-21,39H,4-10,13-15,38H2,1-3H3/t16-,20?,21?,30-/m0/s1. The third kappa shape index (κ3) is 6.85. The number of nitrogens with one attached hydrogen (secondary N) is 1. The highest BCUT2D eigenvalue weighted by molar-refractivity contribution is 6.32. The number of benzene rings is 1. The van der Waals surface area contributed by atoms with Gasteiger partial charge < -0.3 is 35.1 Å². The van der Waals surface area contributed by atoms with Gasteiger partial charge in [-0.3, -0.25) is 0 Å². The van der Waals surface area contributed by atoms with Crippen molar-refractivity contribution in [1.29, 1.82) is 0 Å². The van der Waals surface area contributed by atoms with Crippen LogP contribution in [-0.2, 0) is 10.9 Å². The zero-order chi connectivity index (χ0) is 33.7. The lowest BCUT2D eigenvalue weighted by molar-refractivity contribution is -0.137. The molecule has 47 heavy (non-hydrogen) atoms. The van der Waals surface area contributed by atoms with E-state index in [1.54, 1.807) is 0 Å². The molecule has 2 aromatic heterocycles. The molecule has 256 valence electrons. The SMILES string of the molecule is C[C@H](F)C[C@]1(COc2nc3c4c(nc(-c5cc(N)cc(Cl)c5C(F)(F)F)c(F)c4n2)OC2CCOC2CN3CCN(C)C)CCCN1. The van der Waals surface area contributed by atoms with Gasteiger partial charge in [-0.1, -0.05) is 11.6 Å². The van der Waals surface area contributed by atoms with Gasteiger partial charge in [0.1, 0.15) is 41.2 Å². The van der Waals surface area contributed by atoms with Crippen LogP contribution in [0.1, 0.15) is 38.2 Å². The maximum atomic E-state index is 16.8. The second-order valence-electron chi connectivity index (χ2n) is 12.7. The summed E-state index contributed by atoms with van der Waals surface area (Å²) in [5.74, 6) is -1.09. The smallest absolute Gasteiger partial charge is 0.418 e. The highest BCUT2D eigenvalue weighted by Gasteiger charge is 2.41. The van der Waals surface area contributed by atoms with Crippen LogP contribution in [0.15, 0.2) is 12.1 Å². The number of nitrogens with two attached hydrogens (primary N) is 1. The molecule has 0 bridgehead atoms. The summed E-state index contributed by atoms with van der Waals surface area (Å²) in [4.78, 5) is 17.3. The minimum absolute atomic E-state index is 0.0102. The Morgan fingerprint density at radius 2 is 2.02 bits per heavy atom. The first-order valence-corrected chi connectivity index (χ1v) is 15.9. The molecule has 16 heteroatoms. The van der Waals surface area contributed by atoms with E-state index in [4.69, 9.17) is 36.5 Å². The topological polar surface area (TPSA) is 111 Å². The average Bonchev–Trinajstić information content (AvgIpc) is 3.62. The van der Waals surface area contributed by atoms with E-state index in [1.165, 1.54) is 6.92 Å². The summed E-state index contributed by atoms with van der Waals surface area (Å²) in [5.41, 5.74) is 2.08. The number of likely N-dealkylation sites (N-methyl/N-ethyl adjacent to an activating group) is 1.